The maximum atomic E-state index is 12.8. The summed E-state index contributed by atoms with van der Waals surface area (Å²) in [4.78, 5) is 39.1. The van der Waals surface area contributed by atoms with Crippen molar-refractivity contribution < 1.29 is 27.9 Å². The van der Waals surface area contributed by atoms with Gasteiger partial charge in [-0.1, -0.05) is 18.2 Å². The highest BCUT2D eigenvalue weighted by Gasteiger charge is 2.32. The standard InChI is InChI=1S/C24H35N3O6S.ClH/c28-22(9-8-18-10-13-25-14-11-18)27-15-4-5-19(17-27)23(29)26-21(24(30)31)12-16-34(32,33)20-6-2-1-3-7-20;/h1-3,6-7,18-19,21,25H,4-5,8-17H2,(H,26,29)(H,30,31);1H/t19-,21+;/m1./s1. The van der Waals surface area contributed by atoms with Crippen LogP contribution < -0.4 is 10.6 Å². The predicted octanol–water partition coefficient (Wildman–Crippen LogP) is 1.86. The third-order valence-corrected chi connectivity index (χ3v) is 8.53. The summed E-state index contributed by atoms with van der Waals surface area (Å²) >= 11 is 0. The van der Waals surface area contributed by atoms with Gasteiger partial charge in [-0.2, -0.15) is 0 Å². The number of amides is 2. The summed E-state index contributed by atoms with van der Waals surface area (Å²) in [5.41, 5.74) is 0. The number of aliphatic carboxylic acids is 1. The van der Waals surface area contributed by atoms with E-state index in [2.05, 4.69) is 10.6 Å². The summed E-state index contributed by atoms with van der Waals surface area (Å²) in [6.07, 6.45) is 4.49. The number of carboxylic acid groups (broad SMARTS) is 1. The molecule has 2 amide bonds. The molecule has 2 heterocycles. The molecule has 11 heteroatoms. The first-order valence-electron chi connectivity index (χ1n) is 12.1. The molecule has 3 rings (SSSR count). The summed E-state index contributed by atoms with van der Waals surface area (Å²) in [6, 6.07) is 6.52. The van der Waals surface area contributed by atoms with Crippen LogP contribution in [0.1, 0.15) is 44.9 Å². The highest BCUT2D eigenvalue weighted by Crippen LogP contribution is 2.22. The number of nitrogens with one attached hydrogen (secondary N) is 2. The first-order chi connectivity index (χ1) is 16.3. The number of carboxylic acids is 1. The fraction of sp³-hybridized carbons (Fsp3) is 0.625. The number of carbonyl (C=O) groups is 3. The van der Waals surface area contributed by atoms with E-state index in [0.29, 0.717) is 31.7 Å². The zero-order valence-electron chi connectivity index (χ0n) is 19.9. The zero-order chi connectivity index (χ0) is 24.6. The Morgan fingerprint density at radius 2 is 1.80 bits per heavy atom. The second-order valence-corrected chi connectivity index (χ2v) is 11.3. The summed E-state index contributed by atoms with van der Waals surface area (Å²) in [5, 5.41) is 15.4. The van der Waals surface area contributed by atoms with Crippen LogP contribution in [0.3, 0.4) is 0 Å². The van der Waals surface area contributed by atoms with Crippen LogP contribution in [0.4, 0.5) is 0 Å². The molecule has 2 saturated heterocycles. The molecule has 2 aliphatic rings. The molecule has 3 N–H and O–H groups in total. The molecular weight excluding hydrogens is 494 g/mol. The van der Waals surface area contributed by atoms with Crippen LogP contribution >= 0.6 is 12.4 Å². The highest BCUT2D eigenvalue weighted by atomic mass is 35.5. The number of hydrogen-bond acceptors (Lipinski definition) is 6. The van der Waals surface area contributed by atoms with Gasteiger partial charge in [0.1, 0.15) is 6.04 Å². The summed E-state index contributed by atoms with van der Waals surface area (Å²) in [6.45, 7) is 2.85. The van der Waals surface area contributed by atoms with Crippen molar-refractivity contribution in [3.05, 3.63) is 30.3 Å². The van der Waals surface area contributed by atoms with Gasteiger partial charge >= 0.3 is 5.97 Å². The normalized spacial score (nSPS) is 19.9. The van der Waals surface area contributed by atoms with Crippen LogP contribution in [0.5, 0.6) is 0 Å². The molecule has 9 nitrogen and oxygen atoms in total. The van der Waals surface area contributed by atoms with Gasteiger partial charge in [0.15, 0.2) is 9.84 Å². The minimum Gasteiger partial charge on any atom is -0.480 e. The number of benzene rings is 1. The van der Waals surface area contributed by atoms with E-state index in [1.165, 1.54) is 12.1 Å². The number of sulfone groups is 1. The molecule has 2 fully saturated rings. The first-order valence-corrected chi connectivity index (χ1v) is 13.7. The van der Waals surface area contributed by atoms with Crippen molar-refractivity contribution in [2.75, 3.05) is 31.9 Å². The Labute approximate surface area is 213 Å². The van der Waals surface area contributed by atoms with Crippen LogP contribution in [-0.2, 0) is 24.2 Å². The van der Waals surface area contributed by atoms with E-state index in [0.717, 1.165) is 32.4 Å². The van der Waals surface area contributed by atoms with E-state index in [4.69, 9.17) is 0 Å². The van der Waals surface area contributed by atoms with Gasteiger partial charge < -0.3 is 20.6 Å². The van der Waals surface area contributed by atoms with Crippen molar-refractivity contribution in [3.63, 3.8) is 0 Å². The van der Waals surface area contributed by atoms with Gasteiger partial charge in [-0.15, -0.1) is 12.4 Å². The monoisotopic (exact) mass is 529 g/mol. The van der Waals surface area contributed by atoms with E-state index >= 15 is 0 Å². The number of carbonyl (C=O) groups excluding carboxylic acids is 2. The second-order valence-electron chi connectivity index (χ2n) is 9.23. The van der Waals surface area contributed by atoms with Gasteiger partial charge in [0.2, 0.25) is 11.8 Å². The van der Waals surface area contributed by atoms with Gasteiger partial charge in [0.25, 0.3) is 0 Å². The molecule has 35 heavy (non-hydrogen) atoms. The summed E-state index contributed by atoms with van der Waals surface area (Å²) in [7, 11) is -3.66. The molecule has 0 unspecified atom stereocenters. The lowest BCUT2D eigenvalue weighted by molar-refractivity contribution is -0.143. The molecule has 0 spiro atoms. The number of hydrogen-bond donors (Lipinski definition) is 3. The molecule has 0 radical (unpaired) electrons. The lowest BCUT2D eigenvalue weighted by Gasteiger charge is -2.33. The maximum Gasteiger partial charge on any atom is 0.326 e. The molecule has 0 saturated carbocycles. The van der Waals surface area contributed by atoms with E-state index < -0.39 is 33.7 Å². The van der Waals surface area contributed by atoms with Crippen molar-refractivity contribution in [1.29, 1.82) is 0 Å². The Morgan fingerprint density at radius 1 is 1.11 bits per heavy atom. The third-order valence-electron chi connectivity index (χ3n) is 6.76. The van der Waals surface area contributed by atoms with Gasteiger partial charge in [-0.3, -0.25) is 9.59 Å². The Morgan fingerprint density at radius 3 is 2.46 bits per heavy atom. The van der Waals surface area contributed by atoms with Crippen LogP contribution in [0.2, 0.25) is 0 Å². The van der Waals surface area contributed by atoms with Crippen molar-refractivity contribution in [1.82, 2.24) is 15.5 Å². The van der Waals surface area contributed by atoms with E-state index in [1.54, 1.807) is 23.1 Å². The fourth-order valence-corrected chi connectivity index (χ4v) is 5.99. The molecule has 2 aliphatic heterocycles. The smallest absolute Gasteiger partial charge is 0.326 e. The molecule has 0 bridgehead atoms. The molecule has 1 aromatic carbocycles. The van der Waals surface area contributed by atoms with E-state index in [-0.39, 0.29) is 41.9 Å². The Bertz CT molecular complexity index is 953. The lowest BCUT2D eigenvalue weighted by Crippen LogP contribution is -2.49. The van der Waals surface area contributed by atoms with Crippen molar-refractivity contribution in [2.24, 2.45) is 11.8 Å². The number of nitrogens with zero attached hydrogens (tertiary/aromatic N) is 1. The van der Waals surface area contributed by atoms with Crippen molar-refractivity contribution in [3.8, 4) is 0 Å². The van der Waals surface area contributed by atoms with Gasteiger partial charge in [0, 0.05) is 19.5 Å². The minimum absolute atomic E-state index is 0. The summed E-state index contributed by atoms with van der Waals surface area (Å²) < 4.78 is 25.0. The minimum atomic E-state index is -3.66. The fourth-order valence-electron chi connectivity index (χ4n) is 4.64. The van der Waals surface area contributed by atoms with Crippen LogP contribution in [0.25, 0.3) is 0 Å². The molecule has 196 valence electrons. The Balaban J connectivity index is 0.00000432. The third kappa shape index (κ3) is 8.77. The van der Waals surface area contributed by atoms with Gasteiger partial charge in [0.05, 0.1) is 16.6 Å². The quantitative estimate of drug-likeness (QED) is 0.421. The highest BCUT2D eigenvalue weighted by molar-refractivity contribution is 7.91. The lowest BCUT2D eigenvalue weighted by atomic mass is 9.92. The Hall–Kier alpha value is -2.17. The number of rotatable bonds is 10. The van der Waals surface area contributed by atoms with E-state index in [1.807, 2.05) is 0 Å². The Kier molecular flexibility index (Phi) is 11.5. The van der Waals surface area contributed by atoms with Crippen molar-refractivity contribution >= 4 is 40.0 Å². The van der Waals surface area contributed by atoms with Gasteiger partial charge in [-0.25, -0.2) is 13.2 Å². The largest absolute Gasteiger partial charge is 0.480 e. The first kappa shape index (κ1) is 29.1. The average Bonchev–Trinajstić information content (AvgIpc) is 2.86. The van der Waals surface area contributed by atoms with E-state index in [9.17, 15) is 27.9 Å². The molecule has 2 atom stereocenters. The molecule has 0 aromatic heterocycles. The zero-order valence-corrected chi connectivity index (χ0v) is 21.5. The SMILES string of the molecule is Cl.O=C(N[C@@H](CCS(=O)(=O)c1ccccc1)C(=O)O)[C@@H]1CCCN(C(=O)CCC2CCNCC2)C1. The van der Waals surface area contributed by atoms with Crippen LogP contribution in [-0.4, -0.2) is 74.2 Å². The van der Waals surface area contributed by atoms with Crippen molar-refractivity contribution in [2.45, 2.75) is 55.9 Å². The molecule has 0 aliphatic carbocycles. The molecular formula is C24H36ClN3O6S. The second kappa shape index (κ2) is 13.8. The molecule has 1 aromatic rings. The average molecular weight is 530 g/mol. The topological polar surface area (TPSA) is 133 Å². The predicted molar refractivity (Wildman–Crippen MR) is 134 cm³/mol. The van der Waals surface area contributed by atoms with Gasteiger partial charge in [-0.05, 0) is 69.7 Å². The number of halogens is 1. The summed E-state index contributed by atoms with van der Waals surface area (Å²) in [5.74, 6) is -2.01. The number of piperidine rings is 2. The van der Waals surface area contributed by atoms with Crippen LogP contribution in [0.15, 0.2) is 35.2 Å². The number of likely N-dealkylation sites (tertiary alicyclic amines) is 1. The maximum absolute atomic E-state index is 12.8. The van der Waals surface area contributed by atoms with Crippen LogP contribution in [0, 0.1) is 11.8 Å².